The van der Waals surface area contributed by atoms with Gasteiger partial charge >= 0.3 is 12.1 Å². The number of ether oxygens (including phenoxy) is 1. The molecule has 0 bridgehead atoms. The second kappa shape index (κ2) is 11.0. The molecule has 0 aliphatic heterocycles. The Bertz CT molecular complexity index is 962. The van der Waals surface area contributed by atoms with Gasteiger partial charge in [-0.1, -0.05) is 55.5 Å². The fourth-order valence-corrected chi connectivity index (χ4v) is 4.07. The lowest BCUT2D eigenvalue weighted by Crippen LogP contribution is -2.40. The van der Waals surface area contributed by atoms with Crippen LogP contribution in [0, 0.1) is 5.92 Å². The van der Waals surface area contributed by atoms with Gasteiger partial charge in [-0.05, 0) is 29.2 Å². The predicted octanol–water partition coefficient (Wildman–Crippen LogP) is 2.85. The van der Waals surface area contributed by atoms with Crippen molar-refractivity contribution < 1.29 is 29.3 Å². The highest BCUT2D eigenvalue weighted by molar-refractivity contribution is 5.79. The number of aliphatic hydroxyl groups is 1. The highest BCUT2D eigenvalue weighted by Gasteiger charge is 2.29. The fourth-order valence-electron chi connectivity index (χ4n) is 4.07. The van der Waals surface area contributed by atoms with Gasteiger partial charge in [0, 0.05) is 25.6 Å². The average Bonchev–Trinajstić information content (AvgIpc) is 3.13. The highest BCUT2D eigenvalue weighted by atomic mass is 16.5. The van der Waals surface area contributed by atoms with E-state index in [9.17, 15) is 19.5 Å². The number of rotatable bonds is 10. The van der Waals surface area contributed by atoms with Crippen LogP contribution in [0.25, 0.3) is 11.1 Å². The smallest absolute Gasteiger partial charge is 0.407 e. The van der Waals surface area contributed by atoms with Gasteiger partial charge in [0.05, 0.1) is 18.4 Å². The second-order valence-electron chi connectivity index (χ2n) is 8.24. The van der Waals surface area contributed by atoms with Crippen molar-refractivity contribution in [1.82, 2.24) is 10.2 Å². The Labute approximate surface area is 193 Å². The van der Waals surface area contributed by atoms with Crippen LogP contribution in [0.15, 0.2) is 48.5 Å². The number of carboxylic acid groups (broad SMARTS) is 1. The van der Waals surface area contributed by atoms with Gasteiger partial charge in [-0.2, -0.15) is 0 Å². The molecule has 2 atom stereocenters. The van der Waals surface area contributed by atoms with Crippen LogP contribution in [0.2, 0.25) is 0 Å². The third-order valence-electron chi connectivity index (χ3n) is 5.89. The van der Waals surface area contributed by atoms with Crippen molar-refractivity contribution in [2.45, 2.75) is 32.3 Å². The first-order valence-electron chi connectivity index (χ1n) is 11.1. The number of nitrogens with one attached hydrogen (secondary N) is 1. The van der Waals surface area contributed by atoms with Crippen LogP contribution in [0.4, 0.5) is 4.79 Å². The van der Waals surface area contributed by atoms with E-state index in [1.54, 1.807) is 6.92 Å². The molecule has 33 heavy (non-hydrogen) atoms. The van der Waals surface area contributed by atoms with E-state index in [1.807, 2.05) is 36.4 Å². The molecule has 0 aromatic heterocycles. The summed E-state index contributed by atoms with van der Waals surface area (Å²) in [6, 6.07) is 16.1. The Morgan fingerprint density at radius 3 is 2.18 bits per heavy atom. The number of amides is 2. The van der Waals surface area contributed by atoms with Gasteiger partial charge in [-0.3, -0.25) is 9.59 Å². The minimum Gasteiger partial charge on any atom is -0.481 e. The van der Waals surface area contributed by atoms with E-state index in [0.717, 1.165) is 22.3 Å². The molecule has 176 valence electrons. The van der Waals surface area contributed by atoms with Crippen LogP contribution < -0.4 is 5.32 Å². The normalized spacial score (nSPS) is 14.0. The number of alkyl carbamates (subject to hydrolysis) is 1. The van der Waals surface area contributed by atoms with E-state index >= 15 is 0 Å². The Morgan fingerprint density at radius 1 is 1.06 bits per heavy atom. The molecule has 8 heteroatoms. The lowest BCUT2D eigenvalue weighted by Gasteiger charge is -2.24. The summed E-state index contributed by atoms with van der Waals surface area (Å²) in [4.78, 5) is 37.0. The summed E-state index contributed by atoms with van der Waals surface area (Å²) in [6.45, 7) is 3.68. The number of hydrogen-bond donors (Lipinski definition) is 3. The fraction of sp³-hybridized carbons (Fsp3) is 0.400. The zero-order valence-corrected chi connectivity index (χ0v) is 18.9. The second-order valence-corrected chi connectivity index (χ2v) is 8.24. The summed E-state index contributed by atoms with van der Waals surface area (Å²) < 4.78 is 5.42. The lowest BCUT2D eigenvalue weighted by atomic mass is 9.98. The maximum atomic E-state index is 12.3. The van der Waals surface area contributed by atoms with E-state index < -0.39 is 24.1 Å². The first-order chi connectivity index (χ1) is 15.8. The SMILES string of the molecule is CCN(CC(C)C(=O)O)C(=O)CC(O)CNC(=O)OCC1c2ccccc2-c2ccccc21. The topological polar surface area (TPSA) is 116 Å². The van der Waals surface area contributed by atoms with E-state index in [-0.39, 0.29) is 37.9 Å². The van der Waals surface area contributed by atoms with Crippen LogP contribution in [-0.4, -0.2) is 65.4 Å². The summed E-state index contributed by atoms with van der Waals surface area (Å²) in [5.74, 6) is -2.12. The van der Waals surface area contributed by atoms with Crippen molar-refractivity contribution in [1.29, 1.82) is 0 Å². The van der Waals surface area contributed by atoms with Crippen molar-refractivity contribution in [3.05, 3.63) is 59.7 Å². The largest absolute Gasteiger partial charge is 0.481 e. The molecular formula is C25H30N2O6. The maximum Gasteiger partial charge on any atom is 0.407 e. The van der Waals surface area contributed by atoms with Gasteiger partial charge in [0.15, 0.2) is 0 Å². The molecular weight excluding hydrogens is 424 g/mol. The number of benzene rings is 2. The molecule has 0 radical (unpaired) electrons. The van der Waals surface area contributed by atoms with Crippen molar-refractivity contribution in [2.24, 2.45) is 5.92 Å². The summed E-state index contributed by atoms with van der Waals surface area (Å²) >= 11 is 0. The molecule has 0 saturated carbocycles. The number of nitrogens with zero attached hydrogens (tertiary/aromatic N) is 1. The molecule has 0 fully saturated rings. The minimum absolute atomic E-state index is 0.0658. The predicted molar refractivity (Wildman–Crippen MR) is 123 cm³/mol. The summed E-state index contributed by atoms with van der Waals surface area (Å²) in [5, 5.41) is 21.7. The van der Waals surface area contributed by atoms with Crippen LogP contribution in [0.1, 0.15) is 37.3 Å². The van der Waals surface area contributed by atoms with E-state index in [1.165, 1.54) is 11.8 Å². The summed E-state index contributed by atoms with van der Waals surface area (Å²) in [5.41, 5.74) is 4.47. The first kappa shape index (κ1) is 24.3. The molecule has 1 aliphatic rings. The molecule has 3 rings (SSSR count). The molecule has 2 aromatic rings. The third kappa shape index (κ3) is 5.90. The Hall–Kier alpha value is -3.39. The quantitative estimate of drug-likeness (QED) is 0.508. The van der Waals surface area contributed by atoms with Crippen LogP contribution in [-0.2, 0) is 14.3 Å². The summed E-state index contributed by atoms with van der Waals surface area (Å²) in [6.07, 6.45) is -1.99. The molecule has 8 nitrogen and oxygen atoms in total. The van der Waals surface area contributed by atoms with Gasteiger partial charge in [-0.25, -0.2) is 4.79 Å². The maximum absolute atomic E-state index is 12.3. The van der Waals surface area contributed by atoms with Crippen LogP contribution in [0.5, 0.6) is 0 Å². The monoisotopic (exact) mass is 454 g/mol. The molecule has 1 aliphatic carbocycles. The third-order valence-corrected chi connectivity index (χ3v) is 5.89. The molecule has 3 N–H and O–H groups in total. The molecule has 2 aromatic carbocycles. The van der Waals surface area contributed by atoms with E-state index in [2.05, 4.69) is 17.4 Å². The van der Waals surface area contributed by atoms with Crippen LogP contribution in [0.3, 0.4) is 0 Å². The standard InChI is InChI=1S/C25H30N2O6/c1-3-27(14-16(2)24(30)31)23(29)12-17(28)13-26-25(32)33-15-22-20-10-6-4-8-18(20)19-9-5-7-11-21(19)22/h4-11,16-17,22,28H,3,12-15H2,1-2H3,(H,26,32)(H,30,31). The Morgan fingerprint density at radius 2 is 1.64 bits per heavy atom. The van der Waals surface area contributed by atoms with Gasteiger partial charge in [0.1, 0.15) is 6.61 Å². The summed E-state index contributed by atoms with van der Waals surface area (Å²) in [7, 11) is 0. The first-order valence-corrected chi connectivity index (χ1v) is 11.1. The Kier molecular flexibility index (Phi) is 8.06. The van der Waals surface area contributed by atoms with Gasteiger partial charge in [0.2, 0.25) is 5.91 Å². The molecule has 0 heterocycles. The molecule has 2 unspecified atom stereocenters. The van der Waals surface area contributed by atoms with Gasteiger partial charge < -0.3 is 25.2 Å². The number of aliphatic carboxylic acids is 1. The van der Waals surface area contributed by atoms with Crippen molar-refractivity contribution in [3.8, 4) is 11.1 Å². The van der Waals surface area contributed by atoms with E-state index in [0.29, 0.717) is 6.54 Å². The molecule has 2 amide bonds. The van der Waals surface area contributed by atoms with Gasteiger partial charge in [0.25, 0.3) is 0 Å². The average molecular weight is 455 g/mol. The van der Waals surface area contributed by atoms with Gasteiger partial charge in [-0.15, -0.1) is 0 Å². The van der Waals surface area contributed by atoms with Crippen LogP contribution >= 0.6 is 0 Å². The van der Waals surface area contributed by atoms with Crippen molar-refractivity contribution >= 4 is 18.0 Å². The molecule has 0 spiro atoms. The lowest BCUT2D eigenvalue weighted by molar-refractivity contribution is -0.143. The van der Waals surface area contributed by atoms with Crippen molar-refractivity contribution in [3.63, 3.8) is 0 Å². The number of carboxylic acids is 1. The Balaban J connectivity index is 1.48. The number of fused-ring (bicyclic) bond motifs is 3. The zero-order valence-electron chi connectivity index (χ0n) is 18.9. The number of carbonyl (C=O) groups excluding carboxylic acids is 2. The zero-order chi connectivity index (χ0) is 24.0. The number of aliphatic hydroxyl groups excluding tert-OH is 1. The number of hydrogen-bond acceptors (Lipinski definition) is 5. The van der Waals surface area contributed by atoms with E-state index in [4.69, 9.17) is 9.84 Å². The minimum atomic E-state index is -1.10. The van der Waals surface area contributed by atoms with Crippen molar-refractivity contribution in [2.75, 3.05) is 26.2 Å². The highest BCUT2D eigenvalue weighted by Crippen LogP contribution is 2.44. The number of carbonyl (C=O) groups is 3. The molecule has 0 saturated heterocycles.